The fourth-order valence-corrected chi connectivity index (χ4v) is 2.03. The zero-order valence-electron chi connectivity index (χ0n) is 15.3. The molecule has 2 N–H and O–H groups in total. The average Bonchev–Trinajstić information content (AvgIpc) is 2.55. The van der Waals surface area contributed by atoms with E-state index in [9.17, 15) is 19.2 Å². The van der Waals surface area contributed by atoms with Crippen LogP contribution in [0.4, 0.5) is 0 Å². The molecule has 0 aromatic carbocycles. The summed E-state index contributed by atoms with van der Waals surface area (Å²) in [6.45, 7) is 8.25. The number of carbonyl (C=O) groups excluding carboxylic acids is 4. The monoisotopic (exact) mass is 354 g/mol. The Kier molecular flexibility index (Phi) is 9.85. The molecule has 0 aromatic heterocycles. The number of amides is 2. The third-order valence-electron chi connectivity index (χ3n) is 3.39. The van der Waals surface area contributed by atoms with Gasteiger partial charge in [0.2, 0.25) is 11.8 Å². The van der Waals surface area contributed by atoms with Crippen LogP contribution >= 0.6 is 0 Å². The van der Waals surface area contributed by atoms with Crippen molar-refractivity contribution < 1.29 is 28.7 Å². The van der Waals surface area contributed by atoms with Gasteiger partial charge in [0.1, 0.15) is 12.1 Å². The van der Waals surface area contributed by atoms with Crippen molar-refractivity contribution in [3.8, 4) is 0 Å². The quantitative estimate of drug-likeness (QED) is 0.464. The number of rotatable bonds is 9. The molecule has 0 spiro atoms. The maximum Gasteiger partial charge on any atom is 0.328 e. The van der Waals surface area contributed by atoms with E-state index in [4.69, 9.17) is 0 Å². The fourth-order valence-electron chi connectivity index (χ4n) is 2.03. The van der Waals surface area contributed by atoms with Crippen LogP contribution in [-0.2, 0) is 28.7 Å². The number of allylic oxidation sites excluding steroid dienone is 1. The van der Waals surface area contributed by atoms with Crippen molar-refractivity contribution in [1.82, 2.24) is 10.6 Å². The Morgan fingerprint density at radius 1 is 0.920 bits per heavy atom. The third-order valence-corrected chi connectivity index (χ3v) is 3.39. The van der Waals surface area contributed by atoms with Crippen molar-refractivity contribution in [2.24, 2.45) is 0 Å². The second-order valence-electron chi connectivity index (χ2n) is 5.48. The molecule has 0 fully saturated rings. The average molecular weight is 354 g/mol. The molecule has 2 atom stereocenters. The van der Waals surface area contributed by atoms with Crippen LogP contribution in [0.25, 0.3) is 0 Å². The Hall–Kier alpha value is -2.64. The summed E-state index contributed by atoms with van der Waals surface area (Å²) in [5.74, 6) is -1.84. The molecular formula is C17H26N2O6. The van der Waals surface area contributed by atoms with E-state index in [-0.39, 0.29) is 24.7 Å². The molecule has 0 aromatic rings. The minimum absolute atomic E-state index is 0.164. The topological polar surface area (TPSA) is 111 Å². The highest BCUT2D eigenvalue weighted by molar-refractivity contribution is 5.84. The van der Waals surface area contributed by atoms with Crippen LogP contribution in [0.15, 0.2) is 23.8 Å². The molecule has 0 aliphatic carbocycles. The van der Waals surface area contributed by atoms with Crippen molar-refractivity contribution in [3.63, 3.8) is 0 Å². The number of esters is 2. The van der Waals surface area contributed by atoms with Gasteiger partial charge < -0.3 is 20.1 Å². The Labute approximate surface area is 147 Å². The van der Waals surface area contributed by atoms with Crippen molar-refractivity contribution in [1.29, 1.82) is 0 Å². The van der Waals surface area contributed by atoms with Gasteiger partial charge in [-0.3, -0.25) is 9.59 Å². The molecular weight excluding hydrogens is 328 g/mol. The highest BCUT2D eigenvalue weighted by Gasteiger charge is 2.22. The maximum absolute atomic E-state index is 11.7. The molecule has 25 heavy (non-hydrogen) atoms. The van der Waals surface area contributed by atoms with Gasteiger partial charge in [-0.25, -0.2) is 9.59 Å². The molecule has 140 valence electrons. The Balaban J connectivity index is 5.00. The second-order valence-corrected chi connectivity index (χ2v) is 5.48. The largest absolute Gasteiger partial charge is 0.467 e. The number of carbonyl (C=O) groups is 4. The molecule has 0 aliphatic heterocycles. The van der Waals surface area contributed by atoms with Gasteiger partial charge in [0.15, 0.2) is 0 Å². The Morgan fingerprint density at radius 3 is 1.80 bits per heavy atom. The summed E-state index contributed by atoms with van der Waals surface area (Å²) in [5.41, 5.74) is 1.31. The van der Waals surface area contributed by atoms with Crippen LogP contribution < -0.4 is 10.6 Å². The molecule has 1 unspecified atom stereocenters. The molecule has 0 aliphatic rings. The third kappa shape index (κ3) is 8.69. The molecule has 0 bridgehead atoms. The highest BCUT2D eigenvalue weighted by Crippen LogP contribution is 2.16. The summed E-state index contributed by atoms with van der Waals surface area (Å²) in [7, 11) is 2.47. The van der Waals surface area contributed by atoms with E-state index >= 15 is 0 Å². The molecule has 0 radical (unpaired) electrons. The van der Waals surface area contributed by atoms with E-state index in [1.165, 1.54) is 28.1 Å². The maximum atomic E-state index is 11.7. The molecule has 0 rings (SSSR count). The van der Waals surface area contributed by atoms with Gasteiger partial charge in [-0.05, 0) is 18.9 Å². The number of methoxy groups -OCH3 is 2. The Morgan fingerprint density at radius 2 is 1.36 bits per heavy atom. The van der Waals surface area contributed by atoms with Crippen LogP contribution in [0, 0.1) is 0 Å². The lowest BCUT2D eigenvalue weighted by Crippen LogP contribution is -2.40. The summed E-state index contributed by atoms with van der Waals surface area (Å²) in [5, 5.41) is 5.00. The van der Waals surface area contributed by atoms with Crippen molar-refractivity contribution in [3.05, 3.63) is 23.8 Å². The SMILES string of the molecule is C=C(CC(NC(C)=O)C(=O)OC)/C(C)=C\C[C@H](NC(C)=O)C(=O)OC. The van der Waals surface area contributed by atoms with Crippen molar-refractivity contribution >= 4 is 23.8 Å². The molecule has 0 heterocycles. The van der Waals surface area contributed by atoms with E-state index < -0.39 is 24.0 Å². The van der Waals surface area contributed by atoms with Gasteiger partial charge in [0.05, 0.1) is 14.2 Å². The van der Waals surface area contributed by atoms with Gasteiger partial charge in [-0.15, -0.1) is 0 Å². The van der Waals surface area contributed by atoms with Crippen molar-refractivity contribution in [2.75, 3.05) is 14.2 Å². The van der Waals surface area contributed by atoms with Gasteiger partial charge in [0, 0.05) is 20.3 Å². The second kappa shape index (κ2) is 11.0. The molecule has 8 nitrogen and oxygen atoms in total. The smallest absolute Gasteiger partial charge is 0.328 e. The minimum atomic E-state index is -0.843. The van der Waals surface area contributed by atoms with Crippen LogP contribution in [0.2, 0.25) is 0 Å². The van der Waals surface area contributed by atoms with Gasteiger partial charge in [0.25, 0.3) is 0 Å². The fraction of sp³-hybridized carbons (Fsp3) is 0.529. The van der Waals surface area contributed by atoms with Crippen LogP contribution in [0.5, 0.6) is 0 Å². The number of hydrogen-bond donors (Lipinski definition) is 2. The van der Waals surface area contributed by atoms with Gasteiger partial charge in [-0.1, -0.05) is 18.2 Å². The number of hydrogen-bond acceptors (Lipinski definition) is 6. The predicted molar refractivity (Wildman–Crippen MR) is 91.4 cm³/mol. The molecule has 0 saturated heterocycles. The van der Waals surface area contributed by atoms with Crippen LogP contribution in [0.1, 0.15) is 33.6 Å². The summed E-state index contributed by atoms with van der Waals surface area (Å²) >= 11 is 0. The predicted octanol–water partition coefficient (Wildman–Crippen LogP) is 0.625. The van der Waals surface area contributed by atoms with E-state index in [0.29, 0.717) is 5.57 Å². The number of nitrogens with one attached hydrogen (secondary N) is 2. The lowest BCUT2D eigenvalue weighted by atomic mass is 9.99. The number of ether oxygens (including phenoxy) is 2. The Bertz CT molecular complexity index is 567. The first-order chi connectivity index (χ1) is 11.6. The van der Waals surface area contributed by atoms with E-state index in [1.807, 2.05) is 0 Å². The van der Waals surface area contributed by atoms with E-state index in [2.05, 4.69) is 26.7 Å². The van der Waals surface area contributed by atoms with Crippen molar-refractivity contribution in [2.45, 2.75) is 45.7 Å². The lowest BCUT2D eigenvalue weighted by Gasteiger charge is -2.18. The molecule has 0 saturated carbocycles. The molecule has 2 amide bonds. The van der Waals surface area contributed by atoms with Gasteiger partial charge >= 0.3 is 11.9 Å². The van der Waals surface area contributed by atoms with Crippen LogP contribution in [0.3, 0.4) is 0 Å². The summed E-state index contributed by atoms with van der Waals surface area (Å²) in [4.78, 5) is 45.7. The van der Waals surface area contributed by atoms with Gasteiger partial charge in [-0.2, -0.15) is 0 Å². The first-order valence-corrected chi connectivity index (χ1v) is 7.67. The molecule has 8 heteroatoms. The first kappa shape index (κ1) is 22.4. The summed E-state index contributed by atoms with van der Waals surface area (Å²) in [6.07, 6.45) is 2.08. The highest BCUT2D eigenvalue weighted by atomic mass is 16.5. The van der Waals surface area contributed by atoms with E-state index in [1.54, 1.807) is 13.0 Å². The minimum Gasteiger partial charge on any atom is -0.467 e. The lowest BCUT2D eigenvalue weighted by molar-refractivity contribution is -0.145. The zero-order chi connectivity index (χ0) is 19.6. The normalized spacial score (nSPS) is 13.2. The summed E-state index contributed by atoms with van der Waals surface area (Å²) < 4.78 is 9.31. The standard InChI is InChI=1S/C17H26N2O6/c1-10(7-8-14(16(22)24-5)18-12(3)20)11(2)9-15(17(23)25-6)19-13(4)21/h7,14-15H,2,8-9H2,1,3-6H3,(H,18,20)(H,19,21)/b10-7-/t14-,15?/m0/s1. The van der Waals surface area contributed by atoms with Crippen LogP contribution in [-0.4, -0.2) is 50.1 Å². The summed E-state index contributed by atoms with van der Waals surface area (Å²) in [6, 6.07) is -1.65. The first-order valence-electron chi connectivity index (χ1n) is 7.67. The van der Waals surface area contributed by atoms with E-state index in [0.717, 1.165) is 5.57 Å². The zero-order valence-corrected chi connectivity index (χ0v) is 15.3.